The van der Waals surface area contributed by atoms with E-state index in [1.165, 1.54) is 17.7 Å². The molecule has 1 aromatic heterocycles. The number of hydrogen-bond acceptors (Lipinski definition) is 4. The molecule has 2 heterocycles. The first-order valence-electron chi connectivity index (χ1n) is 7.20. The van der Waals surface area contributed by atoms with Crippen molar-refractivity contribution in [1.29, 1.82) is 0 Å². The topological polar surface area (TPSA) is 37.4 Å². The number of fused-ring (bicyclic) bond motifs is 1. The van der Waals surface area contributed by atoms with Gasteiger partial charge in [0.2, 0.25) is 0 Å². The molecule has 0 unspecified atom stereocenters. The molecule has 0 spiro atoms. The summed E-state index contributed by atoms with van der Waals surface area (Å²) in [5.41, 5.74) is 2.63. The Morgan fingerprint density at radius 2 is 2.32 bits per heavy atom. The third-order valence-electron chi connectivity index (χ3n) is 3.90. The fraction of sp³-hybridized carbons (Fsp3) is 0.667. The predicted octanol–water partition coefficient (Wildman–Crippen LogP) is 2.30. The summed E-state index contributed by atoms with van der Waals surface area (Å²) < 4.78 is 5.03. The lowest BCUT2D eigenvalue weighted by molar-refractivity contribution is 0.185. The molecule has 1 atom stereocenters. The Bertz CT molecular complexity index is 408. The Hall–Kier alpha value is -1.13. The molecule has 1 aliphatic heterocycles. The fourth-order valence-electron chi connectivity index (χ4n) is 2.45. The zero-order chi connectivity index (χ0) is 13.7. The van der Waals surface area contributed by atoms with Gasteiger partial charge in [-0.05, 0) is 25.0 Å². The monoisotopic (exact) mass is 263 g/mol. The van der Waals surface area contributed by atoms with Crippen LogP contribution in [-0.4, -0.2) is 42.7 Å². The van der Waals surface area contributed by atoms with Gasteiger partial charge in [-0.3, -0.25) is 4.90 Å². The van der Waals surface area contributed by atoms with Crippen molar-refractivity contribution in [2.24, 2.45) is 0 Å². The van der Waals surface area contributed by atoms with Crippen molar-refractivity contribution in [2.75, 3.05) is 32.1 Å². The minimum absolute atomic E-state index is 0.660. The smallest absolute Gasteiger partial charge is 0.126 e. The predicted molar refractivity (Wildman–Crippen MR) is 78.5 cm³/mol. The zero-order valence-corrected chi connectivity index (χ0v) is 12.3. The van der Waals surface area contributed by atoms with Crippen molar-refractivity contribution in [2.45, 2.75) is 39.3 Å². The Labute approximate surface area is 116 Å². The highest BCUT2D eigenvalue weighted by molar-refractivity contribution is 5.39. The summed E-state index contributed by atoms with van der Waals surface area (Å²) in [6.45, 7) is 8.23. The van der Waals surface area contributed by atoms with Crippen LogP contribution in [0.5, 0.6) is 0 Å². The zero-order valence-electron chi connectivity index (χ0n) is 12.3. The van der Waals surface area contributed by atoms with Crippen LogP contribution in [0.4, 0.5) is 5.82 Å². The van der Waals surface area contributed by atoms with Gasteiger partial charge in [-0.1, -0.05) is 13.0 Å². The molecule has 0 radical (unpaired) electrons. The standard InChI is InChI=1S/C15H25N3O/c1-4-12(2)18-9-7-14-13(11-18)5-6-15(17-14)16-8-10-19-3/h5-6,12H,4,7-11H2,1-3H3,(H,16,17)/t12-/m1/s1. The first-order chi connectivity index (χ1) is 9.24. The first-order valence-corrected chi connectivity index (χ1v) is 7.20. The molecule has 0 aliphatic carbocycles. The number of nitrogens with zero attached hydrogens (tertiary/aromatic N) is 2. The normalized spacial score (nSPS) is 17.0. The number of pyridine rings is 1. The highest BCUT2D eigenvalue weighted by Crippen LogP contribution is 2.21. The second kappa shape index (κ2) is 6.87. The van der Waals surface area contributed by atoms with Gasteiger partial charge >= 0.3 is 0 Å². The van der Waals surface area contributed by atoms with Gasteiger partial charge in [0.1, 0.15) is 5.82 Å². The lowest BCUT2D eigenvalue weighted by Crippen LogP contribution is -2.37. The number of hydrogen-bond donors (Lipinski definition) is 1. The van der Waals surface area contributed by atoms with Crippen LogP contribution in [0.15, 0.2) is 12.1 Å². The van der Waals surface area contributed by atoms with E-state index in [4.69, 9.17) is 9.72 Å². The van der Waals surface area contributed by atoms with E-state index in [1.54, 1.807) is 7.11 Å². The van der Waals surface area contributed by atoms with Crippen LogP contribution in [0.2, 0.25) is 0 Å². The van der Waals surface area contributed by atoms with Crippen LogP contribution in [0.25, 0.3) is 0 Å². The van der Waals surface area contributed by atoms with Gasteiger partial charge in [0.15, 0.2) is 0 Å². The molecule has 4 nitrogen and oxygen atoms in total. The summed E-state index contributed by atoms with van der Waals surface area (Å²) in [7, 11) is 1.71. The minimum atomic E-state index is 0.660. The highest BCUT2D eigenvalue weighted by Gasteiger charge is 2.20. The highest BCUT2D eigenvalue weighted by atomic mass is 16.5. The van der Waals surface area contributed by atoms with Gasteiger partial charge in [-0.2, -0.15) is 0 Å². The number of ether oxygens (including phenoxy) is 1. The maximum Gasteiger partial charge on any atom is 0.126 e. The molecule has 4 heteroatoms. The quantitative estimate of drug-likeness (QED) is 0.799. The molecule has 0 bridgehead atoms. The second-order valence-electron chi connectivity index (χ2n) is 5.20. The lowest BCUT2D eigenvalue weighted by Gasteiger charge is -2.32. The molecule has 19 heavy (non-hydrogen) atoms. The molecule has 106 valence electrons. The van der Waals surface area contributed by atoms with Gasteiger partial charge in [0.05, 0.1) is 6.61 Å². The van der Waals surface area contributed by atoms with Crippen LogP contribution in [0.3, 0.4) is 0 Å². The van der Waals surface area contributed by atoms with Gasteiger partial charge in [-0.15, -0.1) is 0 Å². The molecule has 1 aromatic rings. The Kier molecular flexibility index (Phi) is 5.16. The maximum atomic E-state index is 5.03. The third-order valence-corrected chi connectivity index (χ3v) is 3.90. The summed E-state index contributed by atoms with van der Waals surface area (Å²) in [5.74, 6) is 0.966. The van der Waals surface area contributed by atoms with E-state index in [0.29, 0.717) is 12.6 Å². The summed E-state index contributed by atoms with van der Waals surface area (Å²) in [4.78, 5) is 7.26. The van der Waals surface area contributed by atoms with Gasteiger partial charge in [-0.25, -0.2) is 4.98 Å². The number of rotatable bonds is 6. The van der Waals surface area contributed by atoms with E-state index in [-0.39, 0.29) is 0 Å². The molecule has 0 saturated carbocycles. The van der Waals surface area contributed by atoms with E-state index in [9.17, 15) is 0 Å². The molecular weight excluding hydrogens is 238 g/mol. The summed E-state index contributed by atoms with van der Waals surface area (Å²) in [5, 5.41) is 3.29. The van der Waals surface area contributed by atoms with Crippen molar-refractivity contribution in [1.82, 2.24) is 9.88 Å². The maximum absolute atomic E-state index is 5.03. The van der Waals surface area contributed by atoms with Gasteiger partial charge in [0, 0.05) is 44.9 Å². The summed E-state index contributed by atoms with van der Waals surface area (Å²) in [6, 6.07) is 4.95. The second-order valence-corrected chi connectivity index (χ2v) is 5.20. The molecule has 0 saturated heterocycles. The Balaban J connectivity index is 1.99. The van der Waals surface area contributed by atoms with Crippen molar-refractivity contribution in [3.8, 4) is 0 Å². The van der Waals surface area contributed by atoms with Gasteiger partial charge < -0.3 is 10.1 Å². The van der Waals surface area contributed by atoms with Crippen LogP contribution >= 0.6 is 0 Å². The lowest BCUT2D eigenvalue weighted by atomic mass is 10.0. The summed E-state index contributed by atoms with van der Waals surface area (Å²) in [6.07, 6.45) is 2.26. The van der Waals surface area contributed by atoms with E-state index >= 15 is 0 Å². The van der Waals surface area contributed by atoms with E-state index in [1.807, 2.05) is 0 Å². The largest absolute Gasteiger partial charge is 0.383 e. The third kappa shape index (κ3) is 3.67. The number of nitrogens with one attached hydrogen (secondary N) is 1. The van der Waals surface area contributed by atoms with Crippen LogP contribution < -0.4 is 5.32 Å². The van der Waals surface area contributed by atoms with Crippen molar-refractivity contribution in [3.05, 3.63) is 23.4 Å². The van der Waals surface area contributed by atoms with Crippen molar-refractivity contribution in [3.63, 3.8) is 0 Å². The molecule has 1 aliphatic rings. The average molecular weight is 263 g/mol. The molecule has 2 rings (SSSR count). The summed E-state index contributed by atoms with van der Waals surface area (Å²) >= 11 is 0. The average Bonchev–Trinajstić information content (AvgIpc) is 2.46. The van der Waals surface area contributed by atoms with E-state index < -0.39 is 0 Å². The molecule has 0 amide bonds. The van der Waals surface area contributed by atoms with E-state index in [2.05, 4.69) is 36.2 Å². The van der Waals surface area contributed by atoms with Crippen molar-refractivity contribution < 1.29 is 4.74 Å². The van der Waals surface area contributed by atoms with Crippen LogP contribution in [-0.2, 0) is 17.7 Å². The van der Waals surface area contributed by atoms with Crippen LogP contribution in [0, 0.1) is 0 Å². The minimum Gasteiger partial charge on any atom is -0.383 e. The first kappa shape index (κ1) is 14.3. The Morgan fingerprint density at radius 1 is 1.47 bits per heavy atom. The number of anilines is 1. The molecule has 0 fully saturated rings. The molecule has 1 N–H and O–H groups in total. The number of aromatic nitrogens is 1. The van der Waals surface area contributed by atoms with Gasteiger partial charge in [0.25, 0.3) is 0 Å². The van der Waals surface area contributed by atoms with E-state index in [0.717, 1.165) is 31.9 Å². The van der Waals surface area contributed by atoms with Crippen molar-refractivity contribution >= 4 is 5.82 Å². The Morgan fingerprint density at radius 3 is 3.05 bits per heavy atom. The SMILES string of the molecule is CC[C@@H](C)N1CCc2nc(NCCOC)ccc2C1. The molecular formula is C15H25N3O. The fourth-order valence-corrected chi connectivity index (χ4v) is 2.45. The van der Waals surface area contributed by atoms with Crippen LogP contribution in [0.1, 0.15) is 31.5 Å². The number of methoxy groups -OCH3 is 1. The molecule has 0 aromatic carbocycles.